The van der Waals surface area contributed by atoms with Gasteiger partial charge in [0.1, 0.15) is 0 Å². The number of hydrogen-bond acceptors (Lipinski definition) is 2. The highest BCUT2D eigenvalue weighted by Crippen LogP contribution is 2.68. The van der Waals surface area contributed by atoms with E-state index in [9.17, 15) is 5.11 Å². The van der Waals surface area contributed by atoms with E-state index >= 15 is 0 Å². The first kappa shape index (κ1) is 18.3. The maximum Gasteiger partial charge on any atom is 0.0827 e. The Bertz CT molecular complexity index is 504. The summed E-state index contributed by atoms with van der Waals surface area (Å²) in [6, 6.07) is 0.458. The Morgan fingerprint density at radius 2 is 1.68 bits per heavy atom. The Morgan fingerprint density at radius 3 is 2.44 bits per heavy atom. The highest BCUT2D eigenvalue weighted by Gasteiger charge is 2.64. The second kappa shape index (κ2) is 6.23. The highest BCUT2D eigenvalue weighted by atomic mass is 16.3. The molecule has 0 radical (unpaired) electrons. The van der Waals surface area contributed by atoms with E-state index in [0.29, 0.717) is 11.5 Å². The maximum atomic E-state index is 11.6. The largest absolute Gasteiger partial charge is 0.388 e. The van der Waals surface area contributed by atoms with E-state index in [1.165, 1.54) is 57.8 Å². The van der Waals surface area contributed by atoms with E-state index < -0.39 is 5.60 Å². The number of hydrogen-bond donors (Lipinski definition) is 2. The predicted molar refractivity (Wildman–Crippen MR) is 104 cm³/mol. The van der Waals surface area contributed by atoms with Crippen LogP contribution in [-0.2, 0) is 0 Å². The van der Waals surface area contributed by atoms with Crippen molar-refractivity contribution in [1.29, 1.82) is 0 Å². The van der Waals surface area contributed by atoms with Crippen LogP contribution < -0.4 is 5.32 Å². The summed E-state index contributed by atoms with van der Waals surface area (Å²) < 4.78 is 0. The lowest BCUT2D eigenvalue weighted by atomic mass is 9.44. The molecule has 4 rings (SSSR count). The number of nitrogens with one attached hydrogen (secondary N) is 1. The molecule has 0 bridgehead atoms. The van der Waals surface area contributed by atoms with E-state index in [4.69, 9.17) is 0 Å². The molecule has 0 saturated heterocycles. The summed E-state index contributed by atoms with van der Waals surface area (Å²) in [5.74, 6) is 3.57. The summed E-state index contributed by atoms with van der Waals surface area (Å²) in [5, 5.41) is 15.2. The van der Waals surface area contributed by atoms with Gasteiger partial charge in [0.25, 0.3) is 0 Å². The Hall–Kier alpha value is -0.0800. The van der Waals surface area contributed by atoms with Crippen LogP contribution in [0.15, 0.2) is 0 Å². The van der Waals surface area contributed by atoms with Gasteiger partial charge in [-0.25, -0.2) is 0 Å². The van der Waals surface area contributed by atoms with Gasteiger partial charge in [-0.15, -0.1) is 0 Å². The van der Waals surface area contributed by atoms with Gasteiger partial charge in [0.05, 0.1) is 5.60 Å². The van der Waals surface area contributed by atoms with Crippen molar-refractivity contribution < 1.29 is 5.11 Å². The first-order chi connectivity index (χ1) is 11.8. The molecule has 2 heteroatoms. The van der Waals surface area contributed by atoms with Crippen LogP contribution in [0.5, 0.6) is 0 Å². The van der Waals surface area contributed by atoms with Crippen LogP contribution in [0, 0.1) is 34.5 Å². The number of aliphatic hydroxyl groups is 1. The zero-order valence-corrected chi connectivity index (χ0v) is 17.1. The van der Waals surface area contributed by atoms with Crippen LogP contribution >= 0.6 is 0 Å². The lowest BCUT2D eigenvalue weighted by Crippen LogP contribution is -2.58. The molecule has 0 aliphatic heterocycles. The molecule has 4 aliphatic rings. The summed E-state index contributed by atoms with van der Waals surface area (Å²) >= 11 is 0. The molecule has 0 aromatic rings. The molecule has 4 saturated carbocycles. The molecule has 25 heavy (non-hydrogen) atoms. The van der Waals surface area contributed by atoms with Gasteiger partial charge >= 0.3 is 0 Å². The molecule has 144 valence electrons. The van der Waals surface area contributed by atoms with E-state index in [-0.39, 0.29) is 5.41 Å². The van der Waals surface area contributed by atoms with Gasteiger partial charge in [-0.3, -0.25) is 0 Å². The average Bonchev–Trinajstić information content (AvgIpc) is 2.84. The van der Waals surface area contributed by atoms with Crippen LogP contribution in [-0.4, -0.2) is 23.3 Å². The minimum atomic E-state index is -0.489. The lowest BCUT2D eigenvalue weighted by molar-refractivity contribution is -0.150. The Kier molecular flexibility index (Phi) is 4.56. The van der Waals surface area contributed by atoms with Gasteiger partial charge < -0.3 is 10.4 Å². The van der Waals surface area contributed by atoms with Crippen molar-refractivity contribution in [3.05, 3.63) is 0 Å². The quantitative estimate of drug-likeness (QED) is 0.740. The van der Waals surface area contributed by atoms with Gasteiger partial charge in [-0.1, -0.05) is 40.5 Å². The summed E-state index contributed by atoms with van der Waals surface area (Å²) in [6.45, 7) is 10.3. The fraction of sp³-hybridized carbons (Fsp3) is 1.00. The summed E-state index contributed by atoms with van der Waals surface area (Å²) in [4.78, 5) is 0. The van der Waals surface area contributed by atoms with E-state index in [1.54, 1.807) is 0 Å². The van der Waals surface area contributed by atoms with Gasteiger partial charge in [-0.05, 0) is 80.5 Å². The SMILES string of the molecule is CC(C)NC[C@]1(O)CC[C@@H]2[C@@H]3CC[C@H]4CCCC[C@]4(C)[C@@H]3CC[C@@]21C. The van der Waals surface area contributed by atoms with Crippen LogP contribution in [0.2, 0.25) is 0 Å². The molecule has 7 atom stereocenters. The second-order valence-electron chi connectivity index (χ2n) is 11.0. The van der Waals surface area contributed by atoms with Crippen LogP contribution in [0.4, 0.5) is 0 Å². The van der Waals surface area contributed by atoms with Crippen molar-refractivity contribution in [2.75, 3.05) is 6.54 Å². The van der Waals surface area contributed by atoms with Gasteiger partial charge in [0.2, 0.25) is 0 Å². The van der Waals surface area contributed by atoms with Crippen molar-refractivity contribution in [3.8, 4) is 0 Å². The molecule has 0 spiro atoms. The average molecular weight is 348 g/mol. The van der Waals surface area contributed by atoms with Crippen LogP contribution in [0.25, 0.3) is 0 Å². The third-order valence-electron chi connectivity index (χ3n) is 9.71. The second-order valence-corrected chi connectivity index (χ2v) is 11.0. The highest BCUT2D eigenvalue weighted by molar-refractivity contribution is 5.14. The fourth-order valence-electron chi connectivity index (χ4n) is 8.07. The van der Waals surface area contributed by atoms with Crippen LogP contribution in [0.3, 0.4) is 0 Å². The minimum absolute atomic E-state index is 0.133. The molecule has 4 aliphatic carbocycles. The summed E-state index contributed by atoms with van der Waals surface area (Å²) in [5.41, 5.74) is 0.254. The number of rotatable bonds is 3. The van der Waals surface area contributed by atoms with E-state index in [1.807, 2.05) is 0 Å². The topological polar surface area (TPSA) is 32.3 Å². The van der Waals surface area contributed by atoms with Gasteiger partial charge in [0, 0.05) is 18.0 Å². The van der Waals surface area contributed by atoms with E-state index in [2.05, 4.69) is 33.0 Å². The molecule has 0 aromatic carbocycles. The molecular formula is C23H41NO. The van der Waals surface area contributed by atoms with Crippen molar-refractivity contribution in [2.24, 2.45) is 34.5 Å². The smallest absolute Gasteiger partial charge is 0.0827 e. The van der Waals surface area contributed by atoms with Crippen LogP contribution in [0.1, 0.15) is 91.9 Å². The van der Waals surface area contributed by atoms with Crippen molar-refractivity contribution in [3.63, 3.8) is 0 Å². The van der Waals surface area contributed by atoms with Gasteiger partial charge in [-0.2, -0.15) is 0 Å². The Morgan fingerprint density at radius 1 is 0.920 bits per heavy atom. The zero-order valence-electron chi connectivity index (χ0n) is 17.1. The summed E-state index contributed by atoms with van der Waals surface area (Å²) in [7, 11) is 0. The summed E-state index contributed by atoms with van der Waals surface area (Å²) in [6.07, 6.45) is 13.7. The Labute approximate surface area is 155 Å². The molecule has 0 amide bonds. The third kappa shape index (κ3) is 2.64. The zero-order chi connectivity index (χ0) is 17.9. The van der Waals surface area contributed by atoms with Crippen molar-refractivity contribution in [1.82, 2.24) is 5.32 Å². The van der Waals surface area contributed by atoms with Crippen molar-refractivity contribution in [2.45, 2.75) is 104 Å². The van der Waals surface area contributed by atoms with Gasteiger partial charge in [0.15, 0.2) is 0 Å². The molecule has 2 N–H and O–H groups in total. The molecule has 0 heterocycles. The molecule has 0 unspecified atom stereocenters. The normalized spacial score (nSPS) is 52.6. The number of fused-ring (bicyclic) bond motifs is 5. The molecule has 0 aromatic heterocycles. The standard InChI is InChI=1S/C23H41NO/c1-16(2)24-15-23(25)14-11-20-18-9-8-17-7-5-6-12-21(17,3)19(18)10-13-22(20,23)4/h16-20,24-25H,5-15H2,1-4H3/t17-,18-,19-,20-,21+,22+,23-/m1/s1. The fourth-order valence-corrected chi connectivity index (χ4v) is 8.07. The predicted octanol–water partition coefficient (Wildman–Crippen LogP) is 5.15. The van der Waals surface area contributed by atoms with Crippen molar-refractivity contribution >= 4 is 0 Å². The first-order valence-corrected chi connectivity index (χ1v) is 11.3. The minimum Gasteiger partial charge on any atom is -0.388 e. The van der Waals surface area contributed by atoms with E-state index in [0.717, 1.165) is 36.6 Å². The molecule has 4 fully saturated rings. The maximum absolute atomic E-state index is 11.6. The third-order valence-corrected chi connectivity index (χ3v) is 9.71. The Balaban J connectivity index is 1.57. The monoisotopic (exact) mass is 347 g/mol. The lowest BCUT2D eigenvalue weighted by Gasteiger charge is -2.61. The molecular weight excluding hydrogens is 306 g/mol. The first-order valence-electron chi connectivity index (χ1n) is 11.3. The molecule has 2 nitrogen and oxygen atoms in total.